The van der Waals surface area contributed by atoms with Gasteiger partial charge in [0, 0.05) is 25.2 Å². The summed E-state index contributed by atoms with van der Waals surface area (Å²) >= 11 is 2.84. The van der Waals surface area contributed by atoms with Crippen LogP contribution in [-0.4, -0.2) is 90.3 Å². The summed E-state index contributed by atoms with van der Waals surface area (Å²) in [6.45, 7) is -1.06. The lowest BCUT2D eigenvalue weighted by Gasteiger charge is -2.48. The van der Waals surface area contributed by atoms with Crippen molar-refractivity contribution in [1.29, 1.82) is 0 Å². The fourth-order valence-corrected chi connectivity index (χ4v) is 5.02. The van der Waals surface area contributed by atoms with Gasteiger partial charge in [0.05, 0.1) is 17.3 Å². The Hall–Kier alpha value is -3.44. The first-order valence-corrected chi connectivity index (χ1v) is 13.8. The molecule has 1 N–H and O–H groups in total. The Morgan fingerprint density at radius 2 is 1.95 bits per heavy atom. The SMILES string of the molecule is CN(C)C=NNC(=O)[C@@H]1O[C@@H]2COC(c3ccccc3)O[C@@H]2[C@H](n2cc(-c3cc(F)c(Br)c(F)c3)nn2)[C@H]1OCC(F)F. The highest BCUT2D eigenvalue weighted by Gasteiger charge is 2.54. The van der Waals surface area contributed by atoms with Crippen LogP contribution in [0.2, 0.25) is 0 Å². The normalized spacial score (nSPS) is 25.6. The van der Waals surface area contributed by atoms with E-state index in [0.717, 1.165) is 12.1 Å². The molecule has 0 radical (unpaired) electrons. The molecule has 3 heterocycles. The predicted octanol–water partition coefficient (Wildman–Crippen LogP) is 3.68. The number of alkyl halides is 2. The largest absolute Gasteiger partial charge is 0.367 e. The number of carbonyl (C=O) groups is 1. The van der Waals surface area contributed by atoms with Gasteiger partial charge >= 0.3 is 0 Å². The van der Waals surface area contributed by atoms with Crippen LogP contribution in [-0.2, 0) is 23.7 Å². The van der Waals surface area contributed by atoms with Gasteiger partial charge in [0.1, 0.15) is 54.6 Å². The zero-order chi connectivity index (χ0) is 30.7. The average Bonchev–Trinajstić information content (AvgIpc) is 3.47. The van der Waals surface area contributed by atoms with Crippen molar-refractivity contribution in [3.05, 3.63) is 70.3 Å². The Bertz CT molecular complexity index is 1430. The Balaban J connectivity index is 1.54. The van der Waals surface area contributed by atoms with Crippen LogP contribution in [0.1, 0.15) is 17.9 Å². The zero-order valence-electron chi connectivity index (χ0n) is 22.8. The van der Waals surface area contributed by atoms with Crippen LogP contribution in [0.15, 0.2) is 58.2 Å². The number of aromatic nitrogens is 3. The molecule has 0 spiro atoms. The average molecular weight is 671 g/mol. The van der Waals surface area contributed by atoms with Gasteiger partial charge in [-0.2, -0.15) is 5.10 Å². The number of benzene rings is 2. The Morgan fingerprint density at radius 3 is 2.63 bits per heavy atom. The fraction of sp³-hybridized carbons (Fsp3) is 0.407. The number of ether oxygens (including phenoxy) is 4. The topological polar surface area (TPSA) is 112 Å². The third kappa shape index (κ3) is 7.04. The summed E-state index contributed by atoms with van der Waals surface area (Å²) in [7, 11) is 3.38. The molecule has 1 aromatic heterocycles. The van der Waals surface area contributed by atoms with Crippen molar-refractivity contribution in [2.45, 2.75) is 43.2 Å². The van der Waals surface area contributed by atoms with E-state index in [9.17, 15) is 22.4 Å². The highest BCUT2D eigenvalue weighted by Crippen LogP contribution is 2.41. The number of fused-ring (bicyclic) bond motifs is 1. The van der Waals surface area contributed by atoms with Crippen LogP contribution in [0.5, 0.6) is 0 Å². The zero-order valence-corrected chi connectivity index (χ0v) is 24.4. The van der Waals surface area contributed by atoms with Crippen LogP contribution in [0, 0.1) is 11.6 Å². The lowest BCUT2D eigenvalue weighted by atomic mass is 9.91. The molecule has 0 aliphatic carbocycles. The number of nitrogens with one attached hydrogen (secondary N) is 1. The third-order valence-electron chi connectivity index (χ3n) is 6.66. The van der Waals surface area contributed by atoms with E-state index in [2.05, 4.69) is 36.8 Å². The number of amides is 1. The number of rotatable bonds is 9. The number of nitrogens with zero attached hydrogens (tertiary/aromatic N) is 5. The van der Waals surface area contributed by atoms with E-state index < -0.39 is 67.3 Å². The molecule has 2 aromatic carbocycles. The van der Waals surface area contributed by atoms with Crippen LogP contribution in [0.4, 0.5) is 17.6 Å². The quantitative estimate of drug-likeness (QED) is 0.121. The second-order valence-electron chi connectivity index (χ2n) is 9.97. The van der Waals surface area contributed by atoms with Crippen LogP contribution in [0.3, 0.4) is 0 Å². The van der Waals surface area contributed by atoms with Gasteiger partial charge in [-0.25, -0.2) is 27.7 Å². The van der Waals surface area contributed by atoms with Crippen LogP contribution in [0.25, 0.3) is 11.3 Å². The maximum Gasteiger partial charge on any atom is 0.272 e. The van der Waals surface area contributed by atoms with Crippen molar-refractivity contribution < 1.29 is 41.3 Å². The van der Waals surface area contributed by atoms with Gasteiger partial charge in [-0.1, -0.05) is 35.5 Å². The van der Waals surface area contributed by atoms with Crippen molar-refractivity contribution in [2.24, 2.45) is 5.10 Å². The Labute approximate surface area is 251 Å². The molecule has 3 aromatic rings. The van der Waals surface area contributed by atoms with Crippen molar-refractivity contribution in [2.75, 3.05) is 27.3 Å². The minimum atomic E-state index is -2.87. The van der Waals surface area contributed by atoms with E-state index >= 15 is 0 Å². The summed E-state index contributed by atoms with van der Waals surface area (Å²) in [5, 5.41) is 12.0. The van der Waals surface area contributed by atoms with Gasteiger partial charge in [-0.15, -0.1) is 5.10 Å². The molecule has 1 unspecified atom stereocenters. The van der Waals surface area contributed by atoms with E-state index in [4.69, 9.17) is 18.9 Å². The molecular formula is C27H27BrF4N6O5. The lowest BCUT2D eigenvalue weighted by Crippen LogP contribution is -2.63. The van der Waals surface area contributed by atoms with Crippen LogP contribution >= 0.6 is 15.9 Å². The van der Waals surface area contributed by atoms with Crippen molar-refractivity contribution in [3.63, 3.8) is 0 Å². The van der Waals surface area contributed by atoms with Crippen molar-refractivity contribution >= 4 is 28.2 Å². The molecule has 2 aliphatic rings. The molecule has 2 saturated heterocycles. The minimum absolute atomic E-state index is 0.0300. The fourth-order valence-electron chi connectivity index (χ4n) is 4.79. The van der Waals surface area contributed by atoms with E-state index in [1.165, 1.54) is 17.2 Å². The van der Waals surface area contributed by atoms with Gasteiger partial charge in [0.25, 0.3) is 12.3 Å². The number of hydrazone groups is 1. The summed E-state index contributed by atoms with van der Waals surface area (Å²) in [5.41, 5.74) is 3.16. The molecule has 2 aliphatic heterocycles. The standard InChI is InChI=1S/C27H27BrF4N6O5/c1-37(2)13-33-35-26(39)25-24(40-12-20(31)32)22(23-19(42-25)11-41-27(43-23)14-6-4-3-5-7-14)38-10-18(34-36-38)15-8-16(29)21(28)17(30)9-15/h3-10,13,19-20,22-25,27H,11-12H2,1-2H3,(H,35,39)/t19-,22+,23+,24-,25-,27?/m1/s1. The maximum absolute atomic E-state index is 14.3. The molecular weight excluding hydrogens is 644 g/mol. The maximum atomic E-state index is 14.3. The highest BCUT2D eigenvalue weighted by atomic mass is 79.9. The van der Waals surface area contributed by atoms with Crippen LogP contribution < -0.4 is 5.43 Å². The second-order valence-corrected chi connectivity index (χ2v) is 10.8. The first-order chi connectivity index (χ1) is 20.6. The molecule has 0 bridgehead atoms. The first-order valence-electron chi connectivity index (χ1n) is 13.1. The van der Waals surface area contributed by atoms with Gasteiger partial charge in [0.15, 0.2) is 12.4 Å². The molecule has 1 amide bonds. The molecule has 230 valence electrons. The molecule has 2 fully saturated rings. The minimum Gasteiger partial charge on any atom is -0.367 e. The summed E-state index contributed by atoms with van der Waals surface area (Å²) in [5.74, 6) is -2.49. The predicted molar refractivity (Wildman–Crippen MR) is 147 cm³/mol. The van der Waals surface area contributed by atoms with Gasteiger partial charge < -0.3 is 23.8 Å². The molecule has 6 atom stereocenters. The van der Waals surface area contributed by atoms with Crippen molar-refractivity contribution in [1.82, 2.24) is 25.3 Å². The van der Waals surface area contributed by atoms with E-state index in [1.807, 2.05) is 6.07 Å². The summed E-state index contributed by atoms with van der Waals surface area (Å²) in [6, 6.07) is 10.0. The Kier molecular flexibility index (Phi) is 9.71. The smallest absolute Gasteiger partial charge is 0.272 e. The molecule has 11 nitrogen and oxygen atoms in total. The number of hydrogen-bond donors (Lipinski definition) is 1. The molecule has 5 rings (SSSR count). The van der Waals surface area contributed by atoms with E-state index in [-0.39, 0.29) is 22.3 Å². The molecule has 16 heteroatoms. The first kappa shape index (κ1) is 31.0. The van der Waals surface area contributed by atoms with Crippen molar-refractivity contribution in [3.8, 4) is 11.3 Å². The van der Waals surface area contributed by atoms with Gasteiger partial charge in [-0.05, 0) is 28.1 Å². The second kappa shape index (κ2) is 13.5. The highest BCUT2D eigenvalue weighted by molar-refractivity contribution is 9.10. The third-order valence-corrected chi connectivity index (χ3v) is 7.41. The number of hydrogen-bond acceptors (Lipinski definition) is 8. The number of halogens is 5. The van der Waals surface area contributed by atoms with Gasteiger partial charge in [0.2, 0.25) is 0 Å². The van der Waals surface area contributed by atoms with E-state index in [1.54, 1.807) is 43.3 Å². The summed E-state index contributed by atoms with van der Waals surface area (Å²) in [6.07, 6.45) is -5.70. The lowest BCUT2D eigenvalue weighted by molar-refractivity contribution is -0.317. The summed E-state index contributed by atoms with van der Waals surface area (Å²) in [4.78, 5) is 14.8. The monoisotopic (exact) mass is 670 g/mol. The molecule has 43 heavy (non-hydrogen) atoms. The number of carbonyl (C=O) groups excluding carboxylic acids is 1. The Morgan fingerprint density at radius 1 is 1.23 bits per heavy atom. The summed E-state index contributed by atoms with van der Waals surface area (Å²) < 4.78 is 80.2. The van der Waals surface area contributed by atoms with Gasteiger partial charge in [-0.3, -0.25) is 4.79 Å². The molecule has 0 saturated carbocycles. The van der Waals surface area contributed by atoms with E-state index in [0.29, 0.717) is 5.56 Å².